The Balaban J connectivity index is 2.09. The fourth-order valence-electron chi connectivity index (χ4n) is 1.73. The number of amides is 4. The lowest BCUT2D eigenvalue weighted by atomic mass is 9.95. The molecular formula is C14H17N3O3. The maximum absolute atomic E-state index is 11.8. The Morgan fingerprint density at radius 3 is 2.20 bits per heavy atom. The van der Waals surface area contributed by atoms with E-state index in [1.54, 1.807) is 24.3 Å². The summed E-state index contributed by atoms with van der Waals surface area (Å²) in [6.45, 7) is 5.49. The summed E-state index contributed by atoms with van der Waals surface area (Å²) >= 11 is 0. The molecule has 1 unspecified atom stereocenters. The van der Waals surface area contributed by atoms with Gasteiger partial charge in [0.15, 0.2) is 0 Å². The van der Waals surface area contributed by atoms with E-state index in [0.29, 0.717) is 11.3 Å². The smallest absolute Gasteiger partial charge is 0.322 e. The lowest BCUT2D eigenvalue weighted by Crippen LogP contribution is -2.27. The van der Waals surface area contributed by atoms with Gasteiger partial charge in [-0.15, -0.1) is 0 Å². The van der Waals surface area contributed by atoms with Gasteiger partial charge in [-0.1, -0.05) is 32.9 Å². The fraction of sp³-hybridized carbons (Fsp3) is 0.357. The molecule has 106 valence electrons. The number of anilines is 1. The van der Waals surface area contributed by atoms with Gasteiger partial charge in [0.05, 0.1) is 0 Å². The van der Waals surface area contributed by atoms with Gasteiger partial charge in [0.25, 0.3) is 5.91 Å². The molecule has 4 amide bonds. The van der Waals surface area contributed by atoms with Crippen LogP contribution in [0.2, 0.25) is 0 Å². The number of rotatable bonds is 2. The van der Waals surface area contributed by atoms with Gasteiger partial charge >= 0.3 is 6.03 Å². The van der Waals surface area contributed by atoms with E-state index in [4.69, 9.17) is 0 Å². The molecule has 0 saturated carbocycles. The molecule has 2 rings (SSSR count). The summed E-state index contributed by atoms with van der Waals surface area (Å²) in [6.07, 6.45) is 0. The molecule has 6 heteroatoms. The number of urea groups is 1. The molecule has 1 saturated heterocycles. The first-order valence-electron chi connectivity index (χ1n) is 6.30. The average molecular weight is 275 g/mol. The molecule has 0 aromatic heterocycles. The summed E-state index contributed by atoms with van der Waals surface area (Å²) in [5.74, 6) is -0.460. The first kappa shape index (κ1) is 14.0. The third-order valence-corrected chi connectivity index (χ3v) is 2.96. The number of imide groups is 1. The van der Waals surface area contributed by atoms with Gasteiger partial charge in [0.1, 0.15) is 6.04 Å². The SMILES string of the molecule is CC(C)(C)C(=O)Nc1ccc(C2NC(=O)NC2=O)cc1. The standard InChI is InChI=1S/C14H17N3O3/c1-14(2,3)12(19)15-9-6-4-8(5-7-9)10-11(18)17-13(20)16-10/h4-7,10H,1-3H3,(H,15,19)(H2,16,17,18,20). The number of hydrogen-bond acceptors (Lipinski definition) is 3. The second-order valence-electron chi connectivity index (χ2n) is 5.72. The second-order valence-corrected chi connectivity index (χ2v) is 5.72. The van der Waals surface area contributed by atoms with E-state index in [1.165, 1.54) is 0 Å². The maximum atomic E-state index is 11.8. The quantitative estimate of drug-likeness (QED) is 0.716. The molecule has 1 aromatic rings. The minimum absolute atomic E-state index is 0.0860. The second kappa shape index (κ2) is 4.96. The minimum Gasteiger partial charge on any atom is -0.326 e. The molecule has 0 spiro atoms. The van der Waals surface area contributed by atoms with Crippen molar-refractivity contribution in [2.45, 2.75) is 26.8 Å². The predicted molar refractivity (Wildman–Crippen MR) is 73.9 cm³/mol. The normalized spacial score (nSPS) is 18.4. The summed E-state index contributed by atoms with van der Waals surface area (Å²) in [5.41, 5.74) is 0.846. The average Bonchev–Trinajstić information content (AvgIpc) is 2.68. The number of carbonyl (C=O) groups is 3. The van der Waals surface area contributed by atoms with Crippen molar-refractivity contribution in [1.29, 1.82) is 0 Å². The van der Waals surface area contributed by atoms with E-state index < -0.39 is 17.5 Å². The summed E-state index contributed by atoms with van der Waals surface area (Å²) in [4.78, 5) is 34.4. The molecule has 1 aliphatic heterocycles. The molecule has 1 heterocycles. The van der Waals surface area contributed by atoms with Gasteiger partial charge in [-0.25, -0.2) is 4.79 Å². The predicted octanol–water partition coefficient (Wildman–Crippen LogP) is 1.55. The van der Waals surface area contributed by atoms with Gasteiger partial charge < -0.3 is 10.6 Å². The molecule has 1 fully saturated rings. The summed E-state index contributed by atoms with van der Waals surface area (Å²) in [7, 11) is 0. The summed E-state index contributed by atoms with van der Waals surface area (Å²) in [5, 5.41) is 7.48. The maximum Gasteiger partial charge on any atom is 0.322 e. The lowest BCUT2D eigenvalue weighted by Gasteiger charge is -2.18. The van der Waals surface area contributed by atoms with Crippen molar-refractivity contribution >= 4 is 23.5 Å². The monoisotopic (exact) mass is 275 g/mol. The van der Waals surface area contributed by atoms with Crippen molar-refractivity contribution in [3.63, 3.8) is 0 Å². The van der Waals surface area contributed by atoms with E-state index in [1.807, 2.05) is 20.8 Å². The Morgan fingerprint density at radius 1 is 1.15 bits per heavy atom. The Hall–Kier alpha value is -2.37. The zero-order valence-electron chi connectivity index (χ0n) is 11.6. The van der Waals surface area contributed by atoms with E-state index >= 15 is 0 Å². The Labute approximate surface area is 116 Å². The highest BCUT2D eigenvalue weighted by Crippen LogP contribution is 2.21. The highest BCUT2D eigenvalue weighted by atomic mass is 16.2. The van der Waals surface area contributed by atoms with Crippen molar-refractivity contribution in [3.8, 4) is 0 Å². The van der Waals surface area contributed by atoms with Crippen molar-refractivity contribution in [1.82, 2.24) is 10.6 Å². The van der Waals surface area contributed by atoms with Crippen molar-refractivity contribution in [3.05, 3.63) is 29.8 Å². The minimum atomic E-state index is -0.671. The van der Waals surface area contributed by atoms with Crippen LogP contribution in [-0.4, -0.2) is 17.8 Å². The van der Waals surface area contributed by atoms with Crippen LogP contribution >= 0.6 is 0 Å². The molecular weight excluding hydrogens is 258 g/mol. The third kappa shape index (κ3) is 2.96. The Morgan fingerprint density at radius 2 is 1.75 bits per heavy atom. The number of nitrogens with one attached hydrogen (secondary N) is 3. The van der Waals surface area contributed by atoms with Crippen LogP contribution in [0.5, 0.6) is 0 Å². The first-order valence-corrected chi connectivity index (χ1v) is 6.30. The number of hydrogen-bond donors (Lipinski definition) is 3. The van der Waals surface area contributed by atoms with Crippen molar-refractivity contribution in [2.75, 3.05) is 5.32 Å². The lowest BCUT2D eigenvalue weighted by molar-refractivity contribution is -0.123. The van der Waals surface area contributed by atoms with Crippen LogP contribution in [-0.2, 0) is 9.59 Å². The van der Waals surface area contributed by atoms with E-state index in [9.17, 15) is 14.4 Å². The van der Waals surface area contributed by atoms with Gasteiger partial charge in [0, 0.05) is 11.1 Å². The molecule has 20 heavy (non-hydrogen) atoms. The topological polar surface area (TPSA) is 87.3 Å². The van der Waals surface area contributed by atoms with Crippen LogP contribution in [0.3, 0.4) is 0 Å². The van der Waals surface area contributed by atoms with Crippen LogP contribution in [0, 0.1) is 5.41 Å². The third-order valence-electron chi connectivity index (χ3n) is 2.96. The number of benzene rings is 1. The number of carbonyl (C=O) groups excluding carboxylic acids is 3. The first-order chi connectivity index (χ1) is 9.27. The van der Waals surface area contributed by atoms with Crippen molar-refractivity contribution < 1.29 is 14.4 Å². The Bertz CT molecular complexity index is 558. The molecule has 1 aliphatic rings. The van der Waals surface area contributed by atoms with Crippen LogP contribution in [0.1, 0.15) is 32.4 Å². The van der Waals surface area contributed by atoms with Crippen LogP contribution in [0.4, 0.5) is 10.5 Å². The van der Waals surface area contributed by atoms with Gasteiger partial charge in [-0.3, -0.25) is 14.9 Å². The Kier molecular flexibility index (Phi) is 3.48. The molecule has 1 aromatic carbocycles. The van der Waals surface area contributed by atoms with Gasteiger partial charge in [-0.05, 0) is 17.7 Å². The molecule has 0 radical (unpaired) electrons. The van der Waals surface area contributed by atoms with Crippen LogP contribution in [0.15, 0.2) is 24.3 Å². The van der Waals surface area contributed by atoms with Crippen LogP contribution < -0.4 is 16.0 Å². The summed E-state index contributed by atoms with van der Waals surface area (Å²) < 4.78 is 0. The zero-order chi connectivity index (χ0) is 14.9. The van der Waals surface area contributed by atoms with E-state index in [-0.39, 0.29) is 11.8 Å². The van der Waals surface area contributed by atoms with Crippen LogP contribution in [0.25, 0.3) is 0 Å². The molecule has 1 atom stereocenters. The van der Waals surface area contributed by atoms with E-state index in [2.05, 4.69) is 16.0 Å². The van der Waals surface area contributed by atoms with Crippen molar-refractivity contribution in [2.24, 2.45) is 5.41 Å². The largest absolute Gasteiger partial charge is 0.326 e. The zero-order valence-corrected chi connectivity index (χ0v) is 11.6. The van der Waals surface area contributed by atoms with E-state index in [0.717, 1.165) is 0 Å². The molecule has 3 N–H and O–H groups in total. The fourth-order valence-corrected chi connectivity index (χ4v) is 1.73. The molecule has 0 bridgehead atoms. The van der Waals surface area contributed by atoms with Gasteiger partial charge in [-0.2, -0.15) is 0 Å². The summed E-state index contributed by atoms with van der Waals surface area (Å²) in [6, 6.07) is 5.65. The highest BCUT2D eigenvalue weighted by Gasteiger charge is 2.30. The molecule has 6 nitrogen and oxygen atoms in total. The molecule has 0 aliphatic carbocycles. The van der Waals surface area contributed by atoms with Gasteiger partial charge in [0.2, 0.25) is 5.91 Å². The highest BCUT2D eigenvalue weighted by molar-refractivity contribution is 6.04.